The van der Waals surface area contributed by atoms with Crippen LogP contribution in [0, 0.1) is 11.3 Å². The van der Waals surface area contributed by atoms with Gasteiger partial charge in [0.2, 0.25) is 0 Å². The Hall–Kier alpha value is -4.75. The third-order valence-electron chi connectivity index (χ3n) is 7.76. The standard InChI is InChI=1S/C37H21NS2/c38-22-32-26(24-14-16-30-28-10-4-6-12-33(28)39-35(30)20-24)18-19-27(37(32)23-8-2-1-3-9-23)25-15-17-31-29-11-5-7-13-34(29)40-36(31)21-25/h1-21H. The van der Waals surface area contributed by atoms with Gasteiger partial charge >= 0.3 is 0 Å². The number of hydrogen-bond donors (Lipinski definition) is 0. The highest BCUT2D eigenvalue weighted by Gasteiger charge is 2.19. The lowest BCUT2D eigenvalue weighted by molar-refractivity contribution is 1.47. The average Bonchev–Trinajstić information content (AvgIpc) is 3.58. The summed E-state index contributed by atoms with van der Waals surface area (Å²) in [6.07, 6.45) is 0. The maximum absolute atomic E-state index is 10.6. The SMILES string of the molecule is N#Cc1c(-c2ccc3c(c2)sc2ccccc23)ccc(-c2ccc3c(c2)sc2ccccc23)c1-c1ccccc1. The Labute approximate surface area is 239 Å². The number of rotatable bonds is 3. The van der Waals surface area contributed by atoms with Gasteiger partial charge in [0.15, 0.2) is 0 Å². The highest BCUT2D eigenvalue weighted by Crippen LogP contribution is 2.43. The molecule has 0 atom stereocenters. The summed E-state index contributed by atoms with van der Waals surface area (Å²) in [5, 5.41) is 15.8. The summed E-state index contributed by atoms with van der Waals surface area (Å²) in [5.41, 5.74) is 6.98. The van der Waals surface area contributed by atoms with E-state index in [-0.39, 0.29) is 0 Å². The summed E-state index contributed by atoms with van der Waals surface area (Å²) in [4.78, 5) is 0. The first-order valence-electron chi connectivity index (χ1n) is 13.2. The third-order valence-corrected chi connectivity index (χ3v) is 10.0. The van der Waals surface area contributed by atoms with Gasteiger partial charge in [-0.25, -0.2) is 0 Å². The minimum atomic E-state index is 0.709. The molecule has 2 heterocycles. The first-order valence-corrected chi connectivity index (χ1v) is 14.9. The predicted octanol–water partition coefficient (Wildman–Crippen LogP) is 11.3. The van der Waals surface area contributed by atoms with Crippen molar-refractivity contribution in [1.29, 1.82) is 5.26 Å². The number of benzene rings is 6. The molecule has 0 radical (unpaired) electrons. The van der Waals surface area contributed by atoms with Crippen molar-refractivity contribution >= 4 is 63.0 Å². The smallest absolute Gasteiger partial charge is 0.100 e. The van der Waals surface area contributed by atoms with Gasteiger partial charge in [-0.15, -0.1) is 22.7 Å². The van der Waals surface area contributed by atoms with E-state index >= 15 is 0 Å². The summed E-state index contributed by atoms with van der Waals surface area (Å²) < 4.78 is 5.08. The lowest BCUT2D eigenvalue weighted by Crippen LogP contribution is -1.94. The largest absolute Gasteiger partial charge is 0.192 e. The molecule has 186 valence electrons. The quantitative estimate of drug-likeness (QED) is 0.217. The van der Waals surface area contributed by atoms with E-state index in [4.69, 9.17) is 0 Å². The topological polar surface area (TPSA) is 23.8 Å². The number of nitrogens with zero attached hydrogens (tertiary/aromatic N) is 1. The lowest BCUT2D eigenvalue weighted by atomic mass is 9.86. The highest BCUT2D eigenvalue weighted by molar-refractivity contribution is 7.26. The van der Waals surface area contributed by atoms with Gasteiger partial charge in [0.25, 0.3) is 0 Å². The minimum absolute atomic E-state index is 0.709. The fourth-order valence-electron chi connectivity index (χ4n) is 5.89. The molecular formula is C37H21NS2. The van der Waals surface area contributed by atoms with Gasteiger partial charge in [0, 0.05) is 51.5 Å². The number of fused-ring (bicyclic) bond motifs is 6. The van der Waals surface area contributed by atoms with Crippen LogP contribution in [0.5, 0.6) is 0 Å². The van der Waals surface area contributed by atoms with Gasteiger partial charge in [-0.05, 0) is 46.5 Å². The zero-order valence-electron chi connectivity index (χ0n) is 21.4. The van der Waals surface area contributed by atoms with E-state index in [1.54, 1.807) is 11.3 Å². The molecule has 0 aliphatic heterocycles. The summed E-state index contributed by atoms with van der Waals surface area (Å²) in [5.74, 6) is 0. The predicted molar refractivity (Wildman–Crippen MR) is 173 cm³/mol. The molecule has 0 aliphatic rings. The molecule has 40 heavy (non-hydrogen) atoms. The summed E-state index contributed by atoms with van der Waals surface area (Å²) in [6, 6.07) is 47.7. The third kappa shape index (κ3) is 3.58. The lowest BCUT2D eigenvalue weighted by Gasteiger charge is -2.16. The Kier molecular flexibility index (Phi) is 5.31. The van der Waals surface area contributed by atoms with Crippen LogP contribution in [0.3, 0.4) is 0 Å². The summed E-state index contributed by atoms with van der Waals surface area (Å²) in [7, 11) is 0. The van der Waals surface area contributed by atoms with Gasteiger partial charge < -0.3 is 0 Å². The molecule has 0 unspecified atom stereocenters. The van der Waals surface area contributed by atoms with Crippen LogP contribution in [0.15, 0.2) is 127 Å². The zero-order valence-corrected chi connectivity index (χ0v) is 23.0. The number of thiophene rings is 2. The fraction of sp³-hybridized carbons (Fsp3) is 0. The van der Waals surface area contributed by atoms with Crippen LogP contribution in [-0.4, -0.2) is 0 Å². The van der Waals surface area contributed by atoms with Gasteiger partial charge in [0.05, 0.1) is 5.56 Å². The van der Waals surface area contributed by atoms with Crippen molar-refractivity contribution in [1.82, 2.24) is 0 Å². The van der Waals surface area contributed by atoms with Crippen molar-refractivity contribution in [3.8, 4) is 39.4 Å². The first-order chi connectivity index (χ1) is 19.8. The van der Waals surface area contributed by atoms with E-state index in [1.165, 1.54) is 40.3 Å². The van der Waals surface area contributed by atoms with Crippen molar-refractivity contribution in [2.45, 2.75) is 0 Å². The second-order valence-corrected chi connectivity index (χ2v) is 12.2. The van der Waals surface area contributed by atoms with Crippen LogP contribution < -0.4 is 0 Å². The second-order valence-electron chi connectivity index (χ2n) is 10.0. The second kappa shape index (κ2) is 9.17. The maximum atomic E-state index is 10.6. The molecule has 0 amide bonds. The Balaban J connectivity index is 1.36. The zero-order chi connectivity index (χ0) is 26.6. The van der Waals surface area contributed by atoms with Crippen LogP contribution in [-0.2, 0) is 0 Å². The molecule has 0 N–H and O–H groups in total. The van der Waals surface area contributed by atoms with Gasteiger partial charge in [0.1, 0.15) is 6.07 Å². The summed E-state index contributed by atoms with van der Waals surface area (Å²) >= 11 is 3.63. The van der Waals surface area contributed by atoms with Gasteiger partial charge in [-0.3, -0.25) is 0 Å². The van der Waals surface area contributed by atoms with E-state index in [1.807, 2.05) is 29.5 Å². The molecule has 0 spiro atoms. The van der Waals surface area contributed by atoms with Crippen molar-refractivity contribution < 1.29 is 0 Å². The van der Waals surface area contributed by atoms with Crippen LogP contribution >= 0.6 is 22.7 Å². The monoisotopic (exact) mass is 543 g/mol. The Morgan fingerprint density at radius 3 is 1.52 bits per heavy atom. The normalized spacial score (nSPS) is 11.5. The molecule has 0 saturated carbocycles. The molecule has 0 fully saturated rings. The van der Waals surface area contributed by atoms with E-state index in [0.29, 0.717) is 5.56 Å². The Morgan fingerprint density at radius 1 is 0.425 bits per heavy atom. The van der Waals surface area contributed by atoms with E-state index in [0.717, 1.165) is 33.4 Å². The summed E-state index contributed by atoms with van der Waals surface area (Å²) in [6.45, 7) is 0. The number of nitriles is 1. The molecular weight excluding hydrogens is 523 g/mol. The fourth-order valence-corrected chi connectivity index (χ4v) is 8.18. The molecule has 8 rings (SSSR count). The van der Waals surface area contributed by atoms with E-state index in [2.05, 4.69) is 115 Å². The molecule has 1 nitrogen and oxygen atoms in total. The Bertz CT molecular complexity index is 2280. The average molecular weight is 544 g/mol. The minimum Gasteiger partial charge on any atom is -0.192 e. The highest BCUT2D eigenvalue weighted by atomic mass is 32.1. The molecule has 8 aromatic rings. The van der Waals surface area contributed by atoms with Crippen LogP contribution in [0.1, 0.15) is 5.56 Å². The first kappa shape index (κ1) is 23.2. The molecule has 0 aliphatic carbocycles. The van der Waals surface area contributed by atoms with Crippen LogP contribution in [0.25, 0.3) is 73.7 Å². The van der Waals surface area contributed by atoms with Crippen molar-refractivity contribution in [3.05, 3.63) is 133 Å². The maximum Gasteiger partial charge on any atom is 0.100 e. The van der Waals surface area contributed by atoms with Gasteiger partial charge in [-0.1, -0.05) is 103 Å². The van der Waals surface area contributed by atoms with Crippen molar-refractivity contribution in [2.24, 2.45) is 0 Å². The molecule has 3 heteroatoms. The molecule has 2 aromatic heterocycles. The molecule has 6 aromatic carbocycles. The van der Waals surface area contributed by atoms with Gasteiger partial charge in [-0.2, -0.15) is 5.26 Å². The van der Waals surface area contributed by atoms with Crippen molar-refractivity contribution in [2.75, 3.05) is 0 Å². The van der Waals surface area contributed by atoms with Crippen LogP contribution in [0.2, 0.25) is 0 Å². The van der Waals surface area contributed by atoms with Crippen molar-refractivity contribution in [3.63, 3.8) is 0 Å². The Morgan fingerprint density at radius 2 is 0.925 bits per heavy atom. The molecule has 0 saturated heterocycles. The molecule has 0 bridgehead atoms. The van der Waals surface area contributed by atoms with Crippen LogP contribution in [0.4, 0.5) is 0 Å². The number of hydrogen-bond acceptors (Lipinski definition) is 3. The van der Waals surface area contributed by atoms with E-state index in [9.17, 15) is 5.26 Å². The van der Waals surface area contributed by atoms with E-state index < -0.39 is 0 Å².